The number of nitrogens with zero attached hydrogens (tertiary/aromatic N) is 1. The molecule has 0 atom stereocenters. The summed E-state index contributed by atoms with van der Waals surface area (Å²) < 4.78 is 22.5. The van der Waals surface area contributed by atoms with Gasteiger partial charge < -0.3 is 10.6 Å². The van der Waals surface area contributed by atoms with E-state index in [4.69, 9.17) is 0 Å². The van der Waals surface area contributed by atoms with Crippen LogP contribution in [-0.2, 0) is 22.1 Å². The van der Waals surface area contributed by atoms with Crippen LogP contribution < -0.4 is 10.6 Å². The normalized spacial score (nSPS) is 12.0. The number of sulfone groups is 1. The number of benzene rings is 1. The lowest BCUT2D eigenvalue weighted by Gasteiger charge is -2.13. The topological polar surface area (TPSA) is 70.6 Å². The molecule has 2 N–H and O–H groups in total. The van der Waals surface area contributed by atoms with Crippen LogP contribution in [0.3, 0.4) is 0 Å². The molecule has 0 spiro atoms. The third kappa shape index (κ3) is 10.5. The number of hydrogen-bond acceptors (Lipinski definition) is 3. The molecule has 0 heterocycles. The number of guanidine groups is 1. The highest BCUT2D eigenvalue weighted by atomic mass is 127. The predicted molar refractivity (Wildman–Crippen MR) is 108 cm³/mol. The summed E-state index contributed by atoms with van der Waals surface area (Å²) in [4.78, 5) is 4.54. The second kappa shape index (κ2) is 10.9. The van der Waals surface area contributed by atoms with Gasteiger partial charge in [0.05, 0.1) is 12.3 Å². The SMILES string of the molecule is CCNC(=NCc1ccc(CS(C)(=O)=O)cc1)NCC(C)C.I. The van der Waals surface area contributed by atoms with E-state index in [-0.39, 0.29) is 29.7 Å². The first-order valence-corrected chi connectivity index (χ1v) is 9.64. The molecular weight excluding hydrogens is 425 g/mol. The Hall–Kier alpha value is -0.830. The van der Waals surface area contributed by atoms with Gasteiger partial charge in [0.15, 0.2) is 15.8 Å². The fraction of sp³-hybridized carbons (Fsp3) is 0.562. The minimum atomic E-state index is -2.99. The van der Waals surface area contributed by atoms with Gasteiger partial charge in [-0.2, -0.15) is 0 Å². The van der Waals surface area contributed by atoms with Gasteiger partial charge in [0.2, 0.25) is 0 Å². The summed E-state index contributed by atoms with van der Waals surface area (Å²) in [5.41, 5.74) is 1.86. The van der Waals surface area contributed by atoms with Crippen LogP contribution in [0, 0.1) is 5.92 Å². The largest absolute Gasteiger partial charge is 0.357 e. The van der Waals surface area contributed by atoms with Crippen molar-refractivity contribution in [2.45, 2.75) is 33.1 Å². The van der Waals surface area contributed by atoms with Gasteiger partial charge in [-0.1, -0.05) is 38.1 Å². The molecule has 0 aliphatic carbocycles. The van der Waals surface area contributed by atoms with Gasteiger partial charge in [-0.15, -0.1) is 24.0 Å². The molecule has 0 saturated carbocycles. The predicted octanol–water partition coefficient (Wildman–Crippen LogP) is 2.56. The summed E-state index contributed by atoms with van der Waals surface area (Å²) in [5.74, 6) is 1.44. The molecule has 0 aliphatic heterocycles. The molecule has 1 rings (SSSR count). The van der Waals surface area contributed by atoms with E-state index in [9.17, 15) is 8.42 Å². The van der Waals surface area contributed by atoms with Crippen molar-refractivity contribution in [3.63, 3.8) is 0 Å². The van der Waals surface area contributed by atoms with E-state index in [2.05, 4.69) is 29.5 Å². The van der Waals surface area contributed by atoms with Crippen LogP contribution in [0.5, 0.6) is 0 Å². The van der Waals surface area contributed by atoms with E-state index in [1.54, 1.807) is 0 Å². The molecule has 7 heteroatoms. The third-order valence-corrected chi connectivity index (χ3v) is 3.75. The lowest BCUT2D eigenvalue weighted by Crippen LogP contribution is -2.39. The maximum absolute atomic E-state index is 11.3. The van der Waals surface area contributed by atoms with Crippen molar-refractivity contribution in [1.29, 1.82) is 0 Å². The highest BCUT2D eigenvalue weighted by molar-refractivity contribution is 14.0. The molecule has 23 heavy (non-hydrogen) atoms. The Bertz CT molecular complexity index is 584. The van der Waals surface area contributed by atoms with Gasteiger partial charge in [0.25, 0.3) is 0 Å². The Labute approximate surface area is 157 Å². The van der Waals surface area contributed by atoms with E-state index in [1.165, 1.54) is 6.26 Å². The maximum atomic E-state index is 11.3. The molecule has 0 fully saturated rings. The molecule has 1 aromatic carbocycles. The van der Waals surface area contributed by atoms with Crippen molar-refractivity contribution in [2.24, 2.45) is 10.9 Å². The minimum absolute atomic E-state index is 0. The van der Waals surface area contributed by atoms with Crippen LogP contribution in [0.4, 0.5) is 0 Å². The standard InChI is InChI=1S/C16H27N3O2S.HI/c1-5-17-16(18-10-13(2)3)19-11-14-6-8-15(9-7-14)12-22(4,20)21;/h6-9,13H,5,10-12H2,1-4H3,(H2,17,18,19);1H. The molecule has 0 aliphatic rings. The van der Waals surface area contributed by atoms with Gasteiger partial charge >= 0.3 is 0 Å². The minimum Gasteiger partial charge on any atom is -0.357 e. The van der Waals surface area contributed by atoms with Gasteiger partial charge in [-0.3, -0.25) is 0 Å². The first-order valence-electron chi connectivity index (χ1n) is 7.58. The van der Waals surface area contributed by atoms with Crippen LogP contribution in [0.25, 0.3) is 0 Å². The van der Waals surface area contributed by atoms with Crippen molar-refractivity contribution < 1.29 is 8.42 Å². The van der Waals surface area contributed by atoms with Gasteiger partial charge in [-0.05, 0) is 24.0 Å². The molecule has 0 saturated heterocycles. The van der Waals surface area contributed by atoms with Crippen LogP contribution >= 0.6 is 24.0 Å². The fourth-order valence-corrected chi connectivity index (χ4v) is 2.65. The monoisotopic (exact) mass is 453 g/mol. The first kappa shape index (κ1) is 22.2. The zero-order valence-corrected chi connectivity index (χ0v) is 17.4. The number of rotatable bonds is 7. The number of aliphatic imine (C=N–C) groups is 1. The van der Waals surface area contributed by atoms with Crippen molar-refractivity contribution >= 4 is 39.8 Å². The lowest BCUT2D eigenvalue weighted by molar-refractivity contribution is 0.601. The summed E-state index contributed by atoms with van der Waals surface area (Å²) in [5, 5.41) is 6.50. The Kier molecular flexibility index (Phi) is 10.5. The molecule has 0 unspecified atom stereocenters. The van der Waals surface area contributed by atoms with E-state index in [1.807, 2.05) is 31.2 Å². The van der Waals surface area contributed by atoms with Crippen LogP contribution in [-0.4, -0.2) is 33.7 Å². The molecular formula is C16H28IN3O2S. The molecule has 1 aromatic rings. The smallest absolute Gasteiger partial charge is 0.191 e. The number of nitrogens with one attached hydrogen (secondary N) is 2. The zero-order valence-electron chi connectivity index (χ0n) is 14.3. The van der Waals surface area contributed by atoms with Crippen molar-refractivity contribution in [1.82, 2.24) is 10.6 Å². The Morgan fingerprint density at radius 2 is 1.70 bits per heavy atom. The highest BCUT2D eigenvalue weighted by Gasteiger charge is 2.04. The third-order valence-electron chi connectivity index (χ3n) is 2.89. The number of halogens is 1. The van der Waals surface area contributed by atoms with Gasteiger partial charge in [-0.25, -0.2) is 13.4 Å². The second-order valence-corrected chi connectivity index (χ2v) is 8.00. The molecule has 0 aromatic heterocycles. The molecule has 132 valence electrons. The highest BCUT2D eigenvalue weighted by Crippen LogP contribution is 2.08. The van der Waals surface area contributed by atoms with Crippen molar-refractivity contribution in [2.75, 3.05) is 19.3 Å². The van der Waals surface area contributed by atoms with Gasteiger partial charge in [0.1, 0.15) is 0 Å². The van der Waals surface area contributed by atoms with E-state index in [0.29, 0.717) is 12.5 Å². The summed E-state index contributed by atoms with van der Waals surface area (Å²) in [6.07, 6.45) is 1.24. The summed E-state index contributed by atoms with van der Waals surface area (Å²) in [6, 6.07) is 7.55. The first-order chi connectivity index (χ1) is 10.3. The van der Waals surface area contributed by atoms with Crippen LogP contribution in [0.1, 0.15) is 31.9 Å². The average molecular weight is 453 g/mol. The van der Waals surface area contributed by atoms with Crippen LogP contribution in [0.15, 0.2) is 29.3 Å². The zero-order chi connectivity index (χ0) is 16.6. The fourth-order valence-electron chi connectivity index (χ4n) is 1.86. The average Bonchev–Trinajstić information content (AvgIpc) is 2.41. The molecule has 0 amide bonds. The molecule has 0 radical (unpaired) electrons. The second-order valence-electron chi connectivity index (χ2n) is 5.86. The Morgan fingerprint density at radius 1 is 1.13 bits per heavy atom. The maximum Gasteiger partial charge on any atom is 0.191 e. The summed E-state index contributed by atoms with van der Waals surface area (Å²) in [6.45, 7) is 8.59. The van der Waals surface area contributed by atoms with Crippen LogP contribution in [0.2, 0.25) is 0 Å². The van der Waals surface area contributed by atoms with Crippen molar-refractivity contribution in [3.8, 4) is 0 Å². The summed E-state index contributed by atoms with van der Waals surface area (Å²) >= 11 is 0. The Morgan fingerprint density at radius 3 is 2.17 bits per heavy atom. The van der Waals surface area contributed by atoms with Gasteiger partial charge in [0, 0.05) is 19.3 Å². The Balaban J connectivity index is 0.00000484. The number of hydrogen-bond donors (Lipinski definition) is 2. The van der Waals surface area contributed by atoms with Crippen molar-refractivity contribution in [3.05, 3.63) is 35.4 Å². The molecule has 0 bridgehead atoms. The van der Waals surface area contributed by atoms with E-state index >= 15 is 0 Å². The quantitative estimate of drug-likeness (QED) is 0.378. The lowest BCUT2D eigenvalue weighted by atomic mass is 10.1. The molecule has 5 nitrogen and oxygen atoms in total. The summed E-state index contributed by atoms with van der Waals surface area (Å²) in [7, 11) is -2.99. The van der Waals surface area contributed by atoms with E-state index in [0.717, 1.165) is 30.2 Å². The van der Waals surface area contributed by atoms with E-state index < -0.39 is 9.84 Å².